The van der Waals surface area contributed by atoms with Crippen LogP contribution in [-0.2, 0) is 0 Å². The van der Waals surface area contributed by atoms with Crippen LogP contribution in [0.5, 0.6) is 0 Å². The number of hydrogen-bond acceptors (Lipinski definition) is 2. The van der Waals surface area contributed by atoms with E-state index in [0.29, 0.717) is 11.3 Å². The van der Waals surface area contributed by atoms with Crippen molar-refractivity contribution in [3.63, 3.8) is 0 Å². The molecule has 1 aromatic carbocycles. The smallest absolute Gasteiger partial charge is 0.253 e. The monoisotopic (exact) mass is 220 g/mol. The van der Waals surface area contributed by atoms with Gasteiger partial charge >= 0.3 is 0 Å². The Kier molecular flexibility index (Phi) is 4.83. The van der Waals surface area contributed by atoms with Crippen molar-refractivity contribution in [3.05, 3.63) is 29.8 Å². The molecule has 1 amide bonds. The molecular weight excluding hydrogens is 200 g/mol. The van der Waals surface area contributed by atoms with Crippen LogP contribution < -0.4 is 5.73 Å². The molecule has 3 nitrogen and oxygen atoms in total. The zero-order valence-electron chi connectivity index (χ0n) is 10.1. The molecule has 0 spiro atoms. The Balaban J connectivity index is 2.81. The molecule has 0 fully saturated rings. The van der Waals surface area contributed by atoms with Crippen LogP contribution in [0.4, 0.5) is 5.69 Å². The molecule has 0 bridgehead atoms. The summed E-state index contributed by atoms with van der Waals surface area (Å²) in [5, 5.41) is 0. The third-order valence-corrected chi connectivity index (χ3v) is 2.41. The van der Waals surface area contributed by atoms with Gasteiger partial charge in [0.25, 0.3) is 5.91 Å². The zero-order valence-corrected chi connectivity index (χ0v) is 10.1. The van der Waals surface area contributed by atoms with Crippen molar-refractivity contribution in [1.29, 1.82) is 0 Å². The van der Waals surface area contributed by atoms with E-state index in [2.05, 4.69) is 13.8 Å². The fourth-order valence-corrected chi connectivity index (χ4v) is 1.71. The Morgan fingerprint density at radius 2 is 1.88 bits per heavy atom. The largest absolute Gasteiger partial charge is 0.399 e. The van der Waals surface area contributed by atoms with E-state index in [9.17, 15) is 4.79 Å². The highest BCUT2D eigenvalue weighted by atomic mass is 16.2. The summed E-state index contributed by atoms with van der Waals surface area (Å²) >= 11 is 0. The number of carbonyl (C=O) groups excluding carboxylic acids is 1. The van der Waals surface area contributed by atoms with E-state index in [-0.39, 0.29) is 5.91 Å². The zero-order chi connectivity index (χ0) is 12.0. The quantitative estimate of drug-likeness (QED) is 0.775. The van der Waals surface area contributed by atoms with Crippen molar-refractivity contribution < 1.29 is 4.79 Å². The van der Waals surface area contributed by atoms with Crippen LogP contribution >= 0.6 is 0 Å². The Morgan fingerprint density at radius 1 is 1.25 bits per heavy atom. The van der Waals surface area contributed by atoms with Crippen LogP contribution in [0.15, 0.2) is 24.3 Å². The van der Waals surface area contributed by atoms with E-state index < -0.39 is 0 Å². The third-order valence-electron chi connectivity index (χ3n) is 2.41. The molecule has 0 unspecified atom stereocenters. The van der Waals surface area contributed by atoms with Crippen LogP contribution in [0, 0.1) is 0 Å². The van der Waals surface area contributed by atoms with Gasteiger partial charge in [0.05, 0.1) is 0 Å². The standard InChI is InChI=1S/C13H20N2O/c1-3-8-15(9-4-2)13(16)11-6-5-7-12(14)10-11/h5-7,10H,3-4,8-9,14H2,1-2H3. The number of amides is 1. The number of nitrogens with zero attached hydrogens (tertiary/aromatic N) is 1. The second-order valence-electron chi connectivity index (χ2n) is 3.92. The van der Waals surface area contributed by atoms with Crippen molar-refractivity contribution >= 4 is 11.6 Å². The molecule has 0 aliphatic rings. The first-order valence-electron chi connectivity index (χ1n) is 5.83. The average molecular weight is 220 g/mol. The van der Waals surface area contributed by atoms with E-state index in [1.165, 1.54) is 0 Å². The fraction of sp³-hybridized carbons (Fsp3) is 0.462. The topological polar surface area (TPSA) is 46.3 Å². The maximum Gasteiger partial charge on any atom is 0.253 e. The molecule has 0 saturated carbocycles. The van der Waals surface area contributed by atoms with E-state index in [1.54, 1.807) is 12.1 Å². The highest BCUT2D eigenvalue weighted by Crippen LogP contribution is 2.10. The number of nitrogen functional groups attached to an aromatic ring is 1. The Labute approximate surface area is 97.2 Å². The maximum atomic E-state index is 12.1. The molecule has 16 heavy (non-hydrogen) atoms. The van der Waals surface area contributed by atoms with Gasteiger partial charge in [-0.15, -0.1) is 0 Å². The summed E-state index contributed by atoms with van der Waals surface area (Å²) < 4.78 is 0. The predicted octanol–water partition coefficient (Wildman–Crippen LogP) is 2.53. The summed E-state index contributed by atoms with van der Waals surface area (Å²) in [5.41, 5.74) is 6.99. The van der Waals surface area contributed by atoms with Gasteiger partial charge in [-0.2, -0.15) is 0 Å². The highest BCUT2D eigenvalue weighted by Gasteiger charge is 2.13. The Hall–Kier alpha value is -1.51. The summed E-state index contributed by atoms with van der Waals surface area (Å²) in [6.07, 6.45) is 1.96. The van der Waals surface area contributed by atoms with E-state index >= 15 is 0 Å². The van der Waals surface area contributed by atoms with Gasteiger partial charge in [-0.05, 0) is 31.0 Å². The molecule has 1 rings (SSSR count). The number of anilines is 1. The first-order chi connectivity index (χ1) is 7.69. The van der Waals surface area contributed by atoms with Crippen LogP contribution in [0.3, 0.4) is 0 Å². The van der Waals surface area contributed by atoms with E-state index in [0.717, 1.165) is 25.9 Å². The van der Waals surface area contributed by atoms with Crippen molar-refractivity contribution in [1.82, 2.24) is 4.90 Å². The molecule has 0 saturated heterocycles. The third kappa shape index (κ3) is 3.26. The van der Waals surface area contributed by atoms with Crippen LogP contribution in [0.25, 0.3) is 0 Å². The normalized spacial score (nSPS) is 10.1. The van der Waals surface area contributed by atoms with Crippen molar-refractivity contribution in [2.24, 2.45) is 0 Å². The van der Waals surface area contributed by atoms with Gasteiger partial charge < -0.3 is 10.6 Å². The van der Waals surface area contributed by atoms with E-state index in [1.807, 2.05) is 17.0 Å². The van der Waals surface area contributed by atoms with Crippen LogP contribution in [0.1, 0.15) is 37.0 Å². The molecular formula is C13H20N2O. The van der Waals surface area contributed by atoms with Gasteiger partial charge in [0.1, 0.15) is 0 Å². The number of nitrogens with two attached hydrogens (primary N) is 1. The minimum Gasteiger partial charge on any atom is -0.399 e. The SMILES string of the molecule is CCCN(CCC)C(=O)c1cccc(N)c1. The van der Waals surface area contributed by atoms with Gasteiger partial charge in [0.15, 0.2) is 0 Å². The first kappa shape index (κ1) is 12.6. The number of carbonyl (C=O) groups is 1. The number of hydrogen-bond donors (Lipinski definition) is 1. The summed E-state index contributed by atoms with van der Waals surface area (Å²) in [6, 6.07) is 7.16. The molecule has 0 aromatic heterocycles. The number of benzene rings is 1. The van der Waals surface area contributed by atoms with Crippen molar-refractivity contribution in [2.75, 3.05) is 18.8 Å². The summed E-state index contributed by atoms with van der Waals surface area (Å²) in [6.45, 7) is 5.77. The van der Waals surface area contributed by atoms with E-state index in [4.69, 9.17) is 5.73 Å². The van der Waals surface area contributed by atoms with Gasteiger partial charge in [0.2, 0.25) is 0 Å². The second kappa shape index (κ2) is 6.16. The van der Waals surface area contributed by atoms with Crippen molar-refractivity contribution in [2.45, 2.75) is 26.7 Å². The Bertz CT molecular complexity index is 344. The van der Waals surface area contributed by atoms with Crippen LogP contribution in [-0.4, -0.2) is 23.9 Å². The molecule has 0 radical (unpaired) electrons. The van der Waals surface area contributed by atoms with Crippen LogP contribution in [0.2, 0.25) is 0 Å². The molecule has 0 heterocycles. The van der Waals surface area contributed by atoms with Gasteiger partial charge in [0, 0.05) is 24.3 Å². The van der Waals surface area contributed by atoms with Crippen molar-refractivity contribution in [3.8, 4) is 0 Å². The first-order valence-corrected chi connectivity index (χ1v) is 5.83. The molecule has 2 N–H and O–H groups in total. The predicted molar refractivity (Wildman–Crippen MR) is 67.3 cm³/mol. The molecule has 0 aliphatic heterocycles. The molecule has 0 aliphatic carbocycles. The minimum atomic E-state index is 0.0796. The second-order valence-corrected chi connectivity index (χ2v) is 3.92. The Morgan fingerprint density at radius 3 is 2.38 bits per heavy atom. The average Bonchev–Trinajstić information content (AvgIpc) is 2.28. The molecule has 0 atom stereocenters. The van der Waals surface area contributed by atoms with Gasteiger partial charge in [-0.3, -0.25) is 4.79 Å². The lowest BCUT2D eigenvalue weighted by atomic mass is 10.1. The van der Waals surface area contributed by atoms with Gasteiger partial charge in [-0.1, -0.05) is 19.9 Å². The summed E-state index contributed by atoms with van der Waals surface area (Å²) in [4.78, 5) is 14.0. The fourth-order valence-electron chi connectivity index (χ4n) is 1.71. The lowest BCUT2D eigenvalue weighted by Crippen LogP contribution is -2.32. The molecule has 1 aromatic rings. The van der Waals surface area contributed by atoms with Gasteiger partial charge in [-0.25, -0.2) is 0 Å². The lowest BCUT2D eigenvalue weighted by molar-refractivity contribution is 0.0755. The molecule has 3 heteroatoms. The molecule has 88 valence electrons. The lowest BCUT2D eigenvalue weighted by Gasteiger charge is -2.21. The minimum absolute atomic E-state index is 0.0796. The summed E-state index contributed by atoms with van der Waals surface area (Å²) in [5.74, 6) is 0.0796. The maximum absolute atomic E-state index is 12.1. The summed E-state index contributed by atoms with van der Waals surface area (Å²) in [7, 11) is 0. The number of rotatable bonds is 5. The highest BCUT2D eigenvalue weighted by molar-refractivity contribution is 5.95.